The summed E-state index contributed by atoms with van der Waals surface area (Å²) in [5, 5.41) is 49.7. The molecule has 1 heterocycles. The molecule has 1 fully saturated rings. The number of nitrogens with one attached hydrogen (secondary N) is 6. The number of primary amides is 1. The van der Waals surface area contributed by atoms with E-state index >= 15 is 0 Å². The Labute approximate surface area is 271 Å². The number of carbonyl (C=O) groups is 6. The third kappa shape index (κ3) is 11.8. The molecule has 0 unspecified atom stereocenters. The van der Waals surface area contributed by atoms with Gasteiger partial charge in [-0.05, 0) is 31.4 Å². The van der Waals surface area contributed by atoms with E-state index in [-0.39, 0.29) is 17.9 Å². The Kier molecular flexibility index (Phi) is 15.1. The van der Waals surface area contributed by atoms with E-state index in [1.807, 2.05) is 0 Å². The van der Waals surface area contributed by atoms with Crippen molar-refractivity contribution in [3.05, 3.63) is 35.9 Å². The van der Waals surface area contributed by atoms with Crippen molar-refractivity contribution in [2.75, 3.05) is 6.61 Å². The van der Waals surface area contributed by atoms with Crippen molar-refractivity contribution in [2.24, 2.45) is 11.7 Å². The number of amides is 6. The molecule has 0 bridgehead atoms. The van der Waals surface area contributed by atoms with Gasteiger partial charge in [-0.25, -0.2) is 5.43 Å². The molecule has 1 aromatic carbocycles. The monoisotopic (exact) mass is 667 g/mol. The molecular formula is C29H45N7O11. The van der Waals surface area contributed by atoms with Crippen LogP contribution in [0.4, 0.5) is 0 Å². The maximum absolute atomic E-state index is 13.5. The van der Waals surface area contributed by atoms with E-state index in [1.54, 1.807) is 32.0 Å². The summed E-state index contributed by atoms with van der Waals surface area (Å²) in [6, 6.07) is 2.23. The van der Waals surface area contributed by atoms with E-state index < -0.39 is 103 Å². The van der Waals surface area contributed by atoms with Crippen LogP contribution in [-0.2, 0) is 28.7 Å². The largest absolute Gasteiger partial charge is 0.394 e. The number of aliphatic hydroxyl groups excluding tert-OH is 4. The second-order valence-electron chi connectivity index (χ2n) is 11.6. The van der Waals surface area contributed by atoms with E-state index in [9.17, 15) is 49.2 Å². The van der Waals surface area contributed by atoms with Crippen LogP contribution in [0.3, 0.4) is 0 Å². The fourth-order valence-corrected chi connectivity index (χ4v) is 4.72. The second-order valence-corrected chi connectivity index (χ2v) is 11.6. The maximum Gasteiger partial charge on any atom is 0.251 e. The zero-order valence-corrected chi connectivity index (χ0v) is 26.5. The number of aliphatic hydroxyl groups is 4. The van der Waals surface area contributed by atoms with Crippen LogP contribution in [-0.4, -0.2) is 117 Å². The molecule has 0 spiro atoms. The summed E-state index contributed by atoms with van der Waals surface area (Å²) in [7, 11) is 0. The Morgan fingerprint density at radius 2 is 1.53 bits per heavy atom. The van der Waals surface area contributed by atoms with E-state index in [0.717, 1.165) is 6.92 Å². The van der Waals surface area contributed by atoms with Gasteiger partial charge >= 0.3 is 0 Å². The molecule has 0 aliphatic carbocycles. The average Bonchev–Trinajstić information content (AvgIpc) is 3.00. The predicted molar refractivity (Wildman–Crippen MR) is 163 cm³/mol. The van der Waals surface area contributed by atoms with Gasteiger partial charge in [0.1, 0.15) is 42.7 Å². The first-order valence-electron chi connectivity index (χ1n) is 14.9. The van der Waals surface area contributed by atoms with Crippen LogP contribution in [0.2, 0.25) is 0 Å². The summed E-state index contributed by atoms with van der Waals surface area (Å²) >= 11 is 0. The summed E-state index contributed by atoms with van der Waals surface area (Å²) in [6.07, 6.45) is -7.76. The number of carbonyl (C=O) groups excluding carboxylic acids is 6. The Balaban J connectivity index is 2.26. The van der Waals surface area contributed by atoms with Gasteiger partial charge in [-0.2, -0.15) is 0 Å². The Morgan fingerprint density at radius 1 is 0.915 bits per heavy atom. The van der Waals surface area contributed by atoms with Crippen LogP contribution in [0.25, 0.3) is 0 Å². The lowest BCUT2D eigenvalue weighted by molar-refractivity contribution is -0.205. The molecule has 1 aliphatic heterocycles. The summed E-state index contributed by atoms with van der Waals surface area (Å²) in [5.41, 5.74) is 10.2. The Morgan fingerprint density at radius 3 is 2.06 bits per heavy atom. The molecule has 6 amide bonds. The highest BCUT2D eigenvalue weighted by molar-refractivity contribution is 6.00. The molecule has 18 heteroatoms. The highest BCUT2D eigenvalue weighted by Gasteiger charge is 2.45. The molecule has 0 radical (unpaired) electrons. The minimum absolute atomic E-state index is 0.0692. The molecule has 262 valence electrons. The standard InChI is InChI=1S/C29H45N7O11/c1-13(2)10-17(28(46)34-21(14(3)38)25(30)43)33-27(45)18(32-26(44)16-8-6-5-7-9-16)11-20(40)35-36-29-22(31-15(4)39)24(42)23(41)19(12-37)47-29/h5-9,13-14,17-19,21-24,29,36-38,41-42H,10-12H2,1-4H3,(H2,30,43)(H,31,39)(H,32,44)(H,33,45)(H,34,46)(H,35,40)/t14-,17+,18+,19-,21+,22-,23-,24-,29-/m1/s1. The summed E-state index contributed by atoms with van der Waals surface area (Å²) in [4.78, 5) is 76.1. The number of nitrogens with two attached hydrogens (primary N) is 1. The van der Waals surface area contributed by atoms with Crippen molar-refractivity contribution in [1.82, 2.24) is 32.1 Å². The minimum atomic E-state index is -1.60. The summed E-state index contributed by atoms with van der Waals surface area (Å²) in [5.74, 6) is -5.15. The van der Waals surface area contributed by atoms with Gasteiger partial charge in [0.15, 0.2) is 0 Å². The SMILES string of the molecule is CC(=O)N[C@@H]1[C@@H](O)[C@H](O)[C@@H](CO)O[C@H]1NNC(=O)C[C@H](NC(=O)c1ccccc1)C(=O)N[C@@H](CC(C)C)C(=O)N[C@H](C(N)=O)[C@@H](C)O. The number of hydrogen-bond acceptors (Lipinski definition) is 12. The van der Waals surface area contributed by atoms with Crippen LogP contribution < -0.4 is 37.9 Å². The lowest BCUT2D eigenvalue weighted by Crippen LogP contribution is -2.69. The van der Waals surface area contributed by atoms with Crippen molar-refractivity contribution in [3.8, 4) is 0 Å². The fourth-order valence-electron chi connectivity index (χ4n) is 4.72. The van der Waals surface area contributed by atoms with Gasteiger partial charge in [0.25, 0.3) is 5.91 Å². The molecule has 12 N–H and O–H groups in total. The van der Waals surface area contributed by atoms with Crippen molar-refractivity contribution in [2.45, 2.75) is 95.3 Å². The van der Waals surface area contributed by atoms with Gasteiger partial charge in [-0.1, -0.05) is 32.0 Å². The van der Waals surface area contributed by atoms with Gasteiger partial charge in [0, 0.05) is 12.5 Å². The lowest BCUT2D eigenvalue weighted by Gasteiger charge is -2.42. The minimum Gasteiger partial charge on any atom is -0.394 e. The average molecular weight is 668 g/mol. The zero-order valence-electron chi connectivity index (χ0n) is 26.5. The van der Waals surface area contributed by atoms with Crippen LogP contribution in [0.15, 0.2) is 30.3 Å². The van der Waals surface area contributed by atoms with Gasteiger partial charge in [0.05, 0.1) is 25.2 Å². The van der Waals surface area contributed by atoms with Crippen LogP contribution in [0.1, 0.15) is 50.9 Å². The van der Waals surface area contributed by atoms with Gasteiger partial charge < -0.3 is 52.2 Å². The molecule has 18 nitrogen and oxygen atoms in total. The highest BCUT2D eigenvalue weighted by Crippen LogP contribution is 2.19. The third-order valence-corrected chi connectivity index (χ3v) is 7.12. The van der Waals surface area contributed by atoms with E-state index in [4.69, 9.17) is 10.5 Å². The number of rotatable bonds is 16. The van der Waals surface area contributed by atoms with Crippen LogP contribution in [0, 0.1) is 5.92 Å². The molecule has 1 aliphatic rings. The first-order chi connectivity index (χ1) is 22.0. The predicted octanol–water partition coefficient (Wildman–Crippen LogP) is -4.38. The smallest absolute Gasteiger partial charge is 0.251 e. The van der Waals surface area contributed by atoms with Gasteiger partial charge in [-0.3, -0.25) is 34.2 Å². The number of hydrogen-bond donors (Lipinski definition) is 11. The van der Waals surface area contributed by atoms with E-state index in [0.29, 0.717) is 0 Å². The van der Waals surface area contributed by atoms with Crippen molar-refractivity contribution in [3.63, 3.8) is 0 Å². The summed E-state index contributed by atoms with van der Waals surface area (Å²) < 4.78 is 5.49. The Bertz CT molecular complexity index is 1250. The van der Waals surface area contributed by atoms with Crippen molar-refractivity contribution in [1.29, 1.82) is 0 Å². The van der Waals surface area contributed by atoms with Gasteiger partial charge in [0.2, 0.25) is 29.5 Å². The first-order valence-corrected chi connectivity index (χ1v) is 14.9. The normalized spacial score (nSPS) is 23.4. The molecule has 0 saturated carbocycles. The van der Waals surface area contributed by atoms with E-state index in [1.165, 1.54) is 19.1 Å². The third-order valence-electron chi connectivity index (χ3n) is 7.12. The number of ether oxygens (including phenoxy) is 1. The Hall–Kier alpha value is -4.20. The quantitative estimate of drug-likeness (QED) is 0.0746. The number of benzene rings is 1. The van der Waals surface area contributed by atoms with Crippen LogP contribution >= 0.6 is 0 Å². The van der Waals surface area contributed by atoms with E-state index in [2.05, 4.69) is 32.1 Å². The molecule has 47 heavy (non-hydrogen) atoms. The molecule has 9 atom stereocenters. The zero-order chi connectivity index (χ0) is 35.4. The van der Waals surface area contributed by atoms with Gasteiger partial charge in [-0.15, -0.1) is 0 Å². The van der Waals surface area contributed by atoms with Crippen LogP contribution in [0.5, 0.6) is 0 Å². The lowest BCUT2D eigenvalue weighted by atomic mass is 9.96. The molecule has 0 aromatic heterocycles. The second kappa shape index (κ2) is 18.2. The topological polar surface area (TPSA) is 291 Å². The fraction of sp³-hybridized carbons (Fsp3) is 0.586. The maximum atomic E-state index is 13.5. The summed E-state index contributed by atoms with van der Waals surface area (Å²) in [6.45, 7) is 5.22. The molecular weight excluding hydrogens is 622 g/mol. The van der Waals surface area contributed by atoms with Crippen molar-refractivity contribution >= 4 is 35.4 Å². The molecule has 2 rings (SSSR count). The molecule has 1 aromatic rings. The first kappa shape index (κ1) is 39.0. The molecule has 1 saturated heterocycles. The number of hydrazine groups is 1. The van der Waals surface area contributed by atoms with Crippen molar-refractivity contribution < 1.29 is 53.9 Å². The highest BCUT2D eigenvalue weighted by atomic mass is 16.5.